The summed E-state index contributed by atoms with van der Waals surface area (Å²) in [5, 5.41) is 8.90. The number of H-pyrrole nitrogens is 1. The van der Waals surface area contributed by atoms with E-state index in [1.165, 1.54) is 17.2 Å². The van der Waals surface area contributed by atoms with Gasteiger partial charge in [-0.15, -0.1) is 0 Å². The standard InChI is InChI=1S/C24H17ClF3N7O4S/c1-10-5-12(13-6-18(25)33-34-20(13)37)14(7-29-10)19(36)32-23-30-15-8-35(9-16(15)40-23)22(38)11-3-4-17(24(26,27)28)31-21(11)39-2/h3-7H,8-9H2,1-2H3,(H,34,37)(H,30,32,36). The van der Waals surface area contributed by atoms with Gasteiger partial charge in [-0.2, -0.15) is 18.3 Å². The molecule has 5 rings (SSSR count). The van der Waals surface area contributed by atoms with Crippen molar-refractivity contribution in [2.45, 2.75) is 26.2 Å². The molecule has 0 spiro atoms. The number of fused-ring (bicyclic) bond motifs is 1. The molecule has 40 heavy (non-hydrogen) atoms. The van der Waals surface area contributed by atoms with Crippen molar-refractivity contribution < 1.29 is 27.5 Å². The number of carbonyl (C=O) groups is 2. The van der Waals surface area contributed by atoms with Crippen molar-refractivity contribution in [3.05, 3.63) is 79.1 Å². The zero-order valence-electron chi connectivity index (χ0n) is 20.6. The van der Waals surface area contributed by atoms with Crippen molar-refractivity contribution >= 4 is 39.9 Å². The molecule has 1 aliphatic rings. The summed E-state index contributed by atoms with van der Waals surface area (Å²) in [4.78, 5) is 52.6. The molecule has 0 saturated heterocycles. The molecule has 2 amide bonds. The largest absolute Gasteiger partial charge is 0.480 e. The Hall–Kier alpha value is -4.37. The Morgan fingerprint density at radius 1 is 1.15 bits per heavy atom. The zero-order chi connectivity index (χ0) is 28.8. The first kappa shape index (κ1) is 27.2. The van der Waals surface area contributed by atoms with Gasteiger partial charge in [0.2, 0.25) is 5.88 Å². The van der Waals surface area contributed by atoms with E-state index in [9.17, 15) is 27.6 Å². The number of anilines is 1. The Morgan fingerprint density at radius 3 is 2.62 bits per heavy atom. The Bertz CT molecular complexity index is 1700. The number of aryl methyl sites for hydroxylation is 1. The van der Waals surface area contributed by atoms with Gasteiger partial charge in [0.1, 0.15) is 16.4 Å². The highest BCUT2D eigenvalue weighted by molar-refractivity contribution is 7.16. The number of rotatable bonds is 5. The number of alkyl halides is 3. The number of aromatic nitrogens is 5. The topological polar surface area (TPSA) is 143 Å². The molecule has 206 valence electrons. The first-order valence-electron chi connectivity index (χ1n) is 11.4. The first-order valence-corrected chi connectivity index (χ1v) is 12.6. The maximum Gasteiger partial charge on any atom is 0.433 e. The number of pyridine rings is 2. The van der Waals surface area contributed by atoms with Crippen LogP contribution in [0.2, 0.25) is 5.15 Å². The molecule has 0 aromatic carbocycles. The Morgan fingerprint density at radius 2 is 1.93 bits per heavy atom. The minimum absolute atomic E-state index is 0.0376. The minimum Gasteiger partial charge on any atom is -0.480 e. The van der Waals surface area contributed by atoms with E-state index in [1.807, 2.05) is 0 Å². The van der Waals surface area contributed by atoms with Gasteiger partial charge in [0.15, 0.2) is 5.13 Å². The normalized spacial score (nSPS) is 12.8. The molecule has 4 aromatic rings. The molecule has 16 heteroatoms. The van der Waals surface area contributed by atoms with Gasteiger partial charge in [0.05, 0.1) is 41.9 Å². The smallest absolute Gasteiger partial charge is 0.433 e. The number of amides is 2. The third kappa shape index (κ3) is 5.24. The van der Waals surface area contributed by atoms with Crippen LogP contribution in [-0.4, -0.2) is 49.0 Å². The molecule has 0 atom stereocenters. The second-order valence-electron chi connectivity index (χ2n) is 8.56. The summed E-state index contributed by atoms with van der Waals surface area (Å²) in [5.74, 6) is -1.59. The molecular weight excluding hydrogens is 575 g/mol. The highest BCUT2D eigenvalue weighted by Crippen LogP contribution is 2.35. The zero-order valence-corrected chi connectivity index (χ0v) is 22.2. The number of carbonyl (C=O) groups excluding carboxylic acids is 2. The van der Waals surface area contributed by atoms with Crippen molar-refractivity contribution in [3.63, 3.8) is 0 Å². The maximum absolute atomic E-state index is 13.2. The van der Waals surface area contributed by atoms with Gasteiger partial charge < -0.3 is 9.64 Å². The number of methoxy groups -OCH3 is 1. The molecule has 0 bridgehead atoms. The van der Waals surface area contributed by atoms with Crippen molar-refractivity contribution in [1.29, 1.82) is 0 Å². The van der Waals surface area contributed by atoms with Crippen molar-refractivity contribution in [2.75, 3.05) is 12.4 Å². The highest BCUT2D eigenvalue weighted by atomic mass is 35.5. The van der Waals surface area contributed by atoms with E-state index in [-0.39, 0.29) is 40.1 Å². The van der Waals surface area contributed by atoms with E-state index in [1.54, 1.807) is 13.0 Å². The second-order valence-corrected chi connectivity index (χ2v) is 10.0. The summed E-state index contributed by atoms with van der Waals surface area (Å²) >= 11 is 7.07. The van der Waals surface area contributed by atoms with Crippen LogP contribution in [0.3, 0.4) is 0 Å². The van der Waals surface area contributed by atoms with Gasteiger partial charge >= 0.3 is 6.18 Å². The monoisotopic (exact) mass is 591 g/mol. The Labute approximate surface area is 232 Å². The molecular formula is C24H17ClF3N7O4S. The minimum atomic E-state index is -4.69. The lowest BCUT2D eigenvalue weighted by Crippen LogP contribution is -2.26. The van der Waals surface area contributed by atoms with Crippen LogP contribution in [0, 0.1) is 6.92 Å². The third-order valence-electron chi connectivity index (χ3n) is 5.88. The van der Waals surface area contributed by atoms with Gasteiger partial charge in [-0.05, 0) is 31.2 Å². The fourth-order valence-electron chi connectivity index (χ4n) is 4.03. The van der Waals surface area contributed by atoms with Crippen molar-refractivity contribution in [1.82, 2.24) is 30.0 Å². The summed E-state index contributed by atoms with van der Waals surface area (Å²) in [7, 11) is 1.13. The molecule has 0 aliphatic carbocycles. The van der Waals surface area contributed by atoms with Crippen LogP contribution in [-0.2, 0) is 19.3 Å². The average molecular weight is 592 g/mol. The van der Waals surface area contributed by atoms with Crippen LogP contribution >= 0.6 is 22.9 Å². The summed E-state index contributed by atoms with van der Waals surface area (Å²) in [6, 6.07) is 4.66. The molecule has 0 radical (unpaired) electrons. The Balaban J connectivity index is 1.34. The predicted octanol–water partition coefficient (Wildman–Crippen LogP) is 4.08. The molecule has 4 aromatic heterocycles. The van der Waals surface area contributed by atoms with E-state index in [2.05, 4.69) is 30.5 Å². The first-order chi connectivity index (χ1) is 18.9. The van der Waals surface area contributed by atoms with Crippen LogP contribution in [0.5, 0.6) is 5.88 Å². The number of nitrogens with zero attached hydrogens (tertiary/aromatic N) is 5. The van der Waals surface area contributed by atoms with Crippen LogP contribution in [0.25, 0.3) is 11.1 Å². The summed E-state index contributed by atoms with van der Waals surface area (Å²) < 4.78 is 43.9. The summed E-state index contributed by atoms with van der Waals surface area (Å²) in [6.07, 6.45) is -3.35. The van der Waals surface area contributed by atoms with Crippen LogP contribution in [0.4, 0.5) is 18.3 Å². The Kier molecular flexibility index (Phi) is 7.01. The van der Waals surface area contributed by atoms with Crippen LogP contribution in [0.15, 0.2) is 35.3 Å². The lowest BCUT2D eigenvalue weighted by atomic mass is 10.0. The number of thiazole rings is 1. The van der Waals surface area contributed by atoms with Crippen molar-refractivity contribution in [2.24, 2.45) is 0 Å². The SMILES string of the molecule is COc1nc(C(F)(F)F)ccc1C(=O)N1Cc2nc(NC(=O)c3cnc(C)cc3-c3cc(Cl)n[nH]c3=O)sc2C1. The summed E-state index contributed by atoms with van der Waals surface area (Å²) in [6.45, 7) is 1.89. The molecule has 5 heterocycles. The second kappa shape index (κ2) is 10.3. The van der Waals surface area contributed by atoms with E-state index in [0.29, 0.717) is 21.8 Å². The highest BCUT2D eigenvalue weighted by Gasteiger charge is 2.35. The number of hydrogen-bond acceptors (Lipinski definition) is 9. The lowest BCUT2D eigenvalue weighted by molar-refractivity contribution is -0.141. The van der Waals surface area contributed by atoms with Gasteiger partial charge in [-0.1, -0.05) is 22.9 Å². The van der Waals surface area contributed by atoms with Crippen LogP contribution < -0.4 is 15.6 Å². The van der Waals surface area contributed by atoms with E-state index in [4.69, 9.17) is 16.3 Å². The lowest BCUT2D eigenvalue weighted by Gasteiger charge is -2.17. The molecule has 0 unspecified atom stereocenters. The van der Waals surface area contributed by atoms with Crippen LogP contribution in [0.1, 0.15) is 42.7 Å². The number of aromatic amines is 1. The van der Waals surface area contributed by atoms with Gasteiger partial charge in [0, 0.05) is 17.5 Å². The summed E-state index contributed by atoms with van der Waals surface area (Å²) in [5.41, 5.74) is -0.204. The number of nitrogens with one attached hydrogen (secondary N) is 2. The number of halogens is 4. The number of hydrogen-bond donors (Lipinski definition) is 2. The average Bonchev–Trinajstić information content (AvgIpc) is 3.47. The van der Waals surface area contributed by atoms with Crippen molar-refractivity contribution in [3.8, 4) is 17.0 Å². The fraction of sp³-hybridized carbons (Fsp3) is 0.208. The fourth-order valence-corrected chi connectivity index (χ4v) is 5.17. The predicted molar refractivity (Wildman–Crippen MR) is 137 cm³/mol. The quantitative estimate of drug-likeness (QED) is 0.353. The molecule has 2 N–H and O–H groups in total. The van der Waals surface area contributed by atoms with Gasteiger partial charge in [0.25, 0.3) is 17.4 Å². The van der Waals surface area contributed by atoms with E-state index >= 15 is 0 Å². The van der Waals surface area contributed by atoms with E-state index < -0.39 is 35.1 Å². The van der Waals surface area contributed by atoms with E-state index in [0.717, 1.165) is 30.6 Å². The molecule has 11 nitrogen and oxygen atoms in total. The third-order valence-corrected chi connectivity index (χ3v) is 7.07. The molecule has 0 saturated carbocycles. The maximum atomic E-state index is 13.2. The van der Waals surface area contributed by atoms with Gasteiger partial charge in [-0.25, -0.2) is 15.1 Å². The number of ether oxygens (including phenoxy) is 1. The van der Waals surface area contributed by atoms with Gasteiger partial charge in [-0.3, -0.25) is 24.7 Å². The molecule has 1 aliphatic heterocycles. The molecule has 0 fully saturated rings.